The maximum Gasteiger partial charge on any atom is 0.0697 e. The van der Waals surface area contributed by atoms with Crippen molar-refractivity contribution in [3.05, 3.63) is 0 Å². The Kier molecular flexibility index (Phi) is 8.96. The van der Waals surface area contributed by atoms with Crippen molar-refractivity contribution >= 4 is 0 Å². The molecule has 0 aromatic carbocycles. The molecule has 0 saturated heterocycles. The molecule has 0 atom stereocenters. The summed E-state index contributed by atoms with van der Waals surface area (Å²) in [6.45, 7) is 2.68. The fourth-order valence-electron chi connectivity index (χ4n) is 0.626. The first kappa shape index (κ1) is 10.4. The Bertz CT molecular complexity index is 109. The zero-order chi connectivity index (χ0) is 8.36. The minimum Gasteiger partial charge on any atom is -0.394 e. The molecule has 3 heteroatoms. The van der Waals surface area contributed by atoms with Gasteiger partial charge in [0.25, 0.3) is 0 Å². The van der Waals surface area contributed by atoms with Crippen molar-refractivity contribution in [1.29, 1.82) is 0 Å². The van der Waals surface area contributed by atoms with E-state index < -0.39 is 0 Å². The number of hydrogen-bond donors (Lipinski definition) is 2. The number of hydrogen-bond acceptors (Lipinski definition) is 3. The molecule has 0 heterocycles. The van der Waals surface area contributed by atoms with E-state index in [0.717, 1.165) is 13.0 Å². The maximum atomic E-state index is 8.34. The van der Waals surface area contributed by atoms with E-state index in [1.54, 1.807) is 0 Å². The Labute approximate surface area is 67.8 Å². The third-order valence-corrected chi connectivity index (χ3v) is 1.10. The highest BCUT2D eigenvalue weighted by Gasteiger charge is 1.86. The van der Waals surface area contributed by atoms with Gasteiger partial charge in [-0.15, -0.1) is 6.42 Å². The molecule has 0 aliphatic rings. The molecule has 3 nitrogen and oxygen atoms in total. The second kappa shape index (κ2) is 9.44. The van der Waals surface area contributed by atoms with Gasteiger partial charge >= 0.3 is 0 Å². The molecule has 0 saturated carbocycles. The number of rotatable bonds is 7. The summed E-state index contributed by atoms with van der Waals surface area (Å²) < 4.78 is 5.02. The smallest absolute Gasteiger partial charge is 0.0697 e. The van der Waals surface area contributed by atoms with E-state index in [1.807, 2.05) is 0 Å². The molecule has 0 aromatic rings. The fourth-order valence-corrected chi connectivity index (χ4v) is 0.626. The van der Waals surface area contributed by atoms with Gasteiger partial charge in [-0.3, -0.25) is 0 Å². The molecule has 64 valence electrons. The first-order valence-corrected chi connectivity index (χ1v) is 3.74. The van der Waals surface area contributed by atoms with E-state index in [1.165, 1.54) is 0 Å². The number of ether oxygens (including phenoxy) is 1. The Morgan fingerprint density at radius 1 is 1.45 bits per heavy atom. The van der Waals surface area contributed by atoms with Crippen LogP contribution in [0.1, 0.15) is 6.42 Å². The van der Waals surface area contributed by atoms with E-state index in [0.29, 0.717) is 19.8 Å². The summed E-state index contributed by atoms with van der Waals surface area (Å²) >= 11 is 0. The van der Waals surface area contributed by atoms with Crippen LogP contribution in [0.4, 0.5) is 0 Å². The van der Waals surface area contributed by atoms with E-state index in [2.05, 4.69) is 11.2 Å². The van der Waals surface area contributed by atoms with Gasteiger partial charge in [0.2, 0.25) is 0 Å². The largest absolute Gasteiger partial charge is 0.394 e. The van der Waals surface area contributed by atoms with Crippen LogP contribution in [0.2, 0.25) is 0 Å². The average Bonchev–Trinajstić information content (AvgIpc) is 2.03. The second-order valence-electron chi connectivity index (χ2n) is 2.07. The van der Waals surface area contributed by atoms with Crippen molar-refractivity contribution in [3.63, 3.8) is 0 Å². The van der Waals surface area contributed by atoms with Crippen molar-refractivity contribution in [2.45, 2.75) is 6.42 Å². The van der Waals surface area contributed by atoms with Crippen molar-refractivity contribution in [2.24, 2.45) is 0 Å². The molecule has 0 radical (unpaired) electrons. The lowest BCUT2D eigenvalue weighted by atomic mass is 10.4. The first-order chi connectivity index (χ1) is 5.41. The lowest BCUT2D eigenvalue weighted by Crippen LogP contribution is -2.17. The van der Waals surface area contributed by atoms with Gasteiger partial charge in [-0.05, 0) is 13.0 Å². The van der Waals surface area contributed by atoms with Gasteiger partial charge in [0.05, 0.1) is 19.8 Å². The molecule has 0 rings (SSSR count). The normalized spacial score (nSPS) is 9.45. The minimum atomic E-state index is 0.0950. The molecule has 0 bridgehead atoms. The van der Waals surface area contributed by atoms with Crippen LogP contribution in [0.3, 0.4) is 0 Å². The second-order valence-corrected chi connectivity index (χ2v) is 2.07. The standard InChI is InChI=1S/C8H15NO2/c1-2-4-9-5-3-7-11-8-6-10/h1,9-10H,3-8H2. The summed E-state index contributed by atoms with van der Waals surface area (Å²) in [6, 6.07) is 0. The summed E-state index contributed by atoms with van der Waals surface area (Å²) in [6.07, 6.45) is 5.95. The van der Waals surface area contributed by atoms with Crippen LogP contribution < -0.4 is 5.32 Å². The zero-order valence-corrected chi connectivity index (χ0v) is 6.68. The SMILES string of the molecule is C#CCNCCCOCCO. The predicted octanol–water partition coefficient (Wildman–Crippen LogP) is -0.392. The Hall–Kier alpha value is -0.560. The predicted molar refractivity (Wildman–Crippen MR) is 44.2 cm³/mol. The minimum absolute atomic E-state index is 0.0950. The van der Waals surface area contributed by atoms with Crippen LogP contribution in [0, 0.1) is 12.3 Å². The van der Waals surface area contributed by atoms with Gasteiger partial charge in [0.15, 0.2) is 0 Å². The number of aliphatic hydroxyl groups excluding tert-OH is 1. The monoisotopic (exact) mass is 157 g/mol. The molecule has 0 amide bonds. The topological polar surface area (TPSA) is 41.5 Å². The van der Waals surface area contributed by atoms with E-state index >= 15 is 0 Å². The molecule has 0 unspecified atom stereocenters. The lowest BCUT2D eigenvalue weighted by molar-refractivity contribution is 0.0909. The van der Waals surface area contributed by atoms with Crippen LogP contribution in [-0.2, 0) is 4.74 Å². The third kappa shape index (κ3) is 9.44. The van der Waals surface area contributed by atoms with Crippen molar-refractivity contribution in [1.82, 2.24) is 5.32 Å². The molecule has 2 N–H and O–H groups in total. The van der Waals surface area contributed by atoms with Crippen molar-refractivity contribution < 1.29 is 9.84 Å². The molecule has 0 aliphatic heterocycles. The lowest BCUT2D eigenvalue weighted by Gasteiger charge is -2.01. The molecule has 0 fully saturated rings. The summed E-state index contributed by atoms with van der Waals surface area (Å²) in [4.78, 5) is 0. The van der Waals surface area contributed by atoms with Crippen molar-refractivity contribution in [2.75, 3.05) is 32.9 Å². The van der Waals surface area contributed by atoms with Gasteiger partial charge < -0.3 is 15.2 Å². The quantitative estimate of drug-likeness (QED) is 0.390. The molecular formula is C8H15NO2. The fraction of sp³-hybridized carbons (Fsp3) is 0.750. The highest BCUT2D eigenvalue weighted by atomic mass is 16.5. The molecule has 0 aromatic heterocycles. The summed E-state index contributed by atoms with van der Waals surface area (Å²) in [5.41, 5.74) is 0. The van der Waals surface area contributed by atoms with Gasteiger partial charge in [0.1, 0.15) is 0 Å². The number of nitrogens with one attached hydrogen (secondary N) is 1. The summed E-state index contributed by atoms with van der Waals surface area (Å²) in [5.74, 6) is 2.48. The summed E-state index contributed by atoms with van der Waals surface area (Å²) in [5, 5.41) is 11.4. The highest BCUT2D eigenvalue weighted by Crippen LogP contribution is 1.79. The maximum absolute atomic E-state index is 8.34. The van der Waals surface area contributed by atoms with Crippen LogP contribution in [0.15, 0.2) is 0 Å². The van der Waals surface area contributed by atoms with Gasteiger partial charge in [-0.25, -0.2) is 0 Å². The highest BCUT2D eigenvalue weighted by molar-refractivity contribution is 4.86. The van der Waals surface area contributed by atoms with Crippen LogP contribution in [0.5, 0.6) is 0 Å². The Morgan fingerprint density at radius 2 is 2.27 bits per heavy atom. The first-order valence-electron chi connectivity index (χ1n) is 3.74. The number of terminal acetylenes is 1. The molecular weight excluding hydrogens is 142 g/mol. The third-order valence-electron chi connectivity index (χ3n) is 1.10. The molecule has 11 heavy (non-hydrogen) atoms. The van der Waals surface area contributed by atoms with Crippen LogP contribution >= 0.6 is 0 Å². The van der Waals surface area contributed by atoms with Gasteiger partial charge in [-0.2, -0.15) is 0 Å². The van der Waals surface area contributed by atoms with Crippen LogP contribution in [-0.4, -0.2) is 38.0 Å². The van der Waals surface area contributed by atoms with Gasteiger partial charge in [0, 0.05) is 6.61 Å². The van der Waals surface area contributed by atoms with E-state index in [-0.39, 0.29) is 6.61 Å². The number of aliphatic hydroxyl groups is 1. The average molecular weight is 157 g/mol. The molecule has 0 aliphatic carbocycles. The Morgan fingerprint density at radius 3 is 2.91 bits per heavy atom. The summed E-state index contributed by atoms with van der Waals surface area (Å²) in [7, 11) is 0. The zero-order valence-electron chi connectivity index (χ0n) is 6.68. The van der Waals surface area contributed by atoms with E-state index in [4.69, 9.17) is 16.3 Å². The van der Waals surface area contributed by atoms with E-state index in [9.17, 15) is 0 Å². The van der Waals surface area contributed by atoms with Crippen LogP contribution in [0.25, 0.3) is 0 Å². The Balaban J connectivity index is 2.75. The molecule has 0 spiro atoms. The van der Waals surface area contributed by atoms with Gasteiger partial charge in [-0.1, -0.05) is 5.92 Å². The van der Waals surface area contributed by atoms with Crippen molar-refractivity contribution in [3.8, 4) is 12.3 Å².